The van der Waals surface area contributed by atoms with Crippen LogP contribution in [0.2, 0.25) is 0 Å². The Kier molecular flexibility index (Phi) is 2.76. The maximum absolute atomic E-state index is 4.11. The summed E-state index contributed by atoms with van der Waals surface area (Å²) in [4.78, 5) is 8.22. The van der Waals surface area contributed by atoms with Gasteiger partial charge in [-0.05, 0) is 26.8 Å². The smallest absolute Gasteiger partial charge is 0.141 e. The van der Waals surface area contributed by atoms with Crippen molar-refractivity contribution in [3.8, 4) is 0 Å². The molecule has 0 saturated carbocycles. The molecule has 0 radical (unpaired) electrons. The first-order chi connectivity index (χ1) is 5.58. The van der Waals surface area contributed by atoms with Crippen LogP contribution in [0.1, 0.15) is 26.6 Å². The van der Waals surface area contributed by atoms with E-state index in [0.29, 0.717) is 0 Å². The molecule has 0 unspecified atom stereocenters. The van der Waals surface area contributed by atoms with Gasteiger partial charge in [0.05, 0.1) is 6.54 Å². The van der Waals surface area contributed by atoms with Crippen LogP contribution in [-0.2, 0) is 6.54 Å². The van der Waals surface area contributed by atoms with Gasteiger partial charge in [0.15, 0.2) is 0 Å². The van der Waals surface area contributed by atoms with Crippen LogP contribution in [0, 0.1) is 0 Å². The molecular weight excluding hydrogens is 150 g/mol. The van der Waals surface area contributed by atoms with E-state index < -0.39 is 0 Å². The minimum atomic E-state index is 0.124. The van der Waals surface area contributed by atoms with E-state index in [1.165, 1.54) is 0 Å². The third-order valence-corrected chi connectivity index (χ3v) is 1.40. The van der Waals surface area contributed by atoms with Gasteiger partial charge in [0.2, 0.25) is 0 Å². The second-order valence-electron chi connectivity index (χ2n) is 3.77. The van der Waals surface area contributed by atoms with Crippen LogP contribution in [-0.4, -0.2) is 15.5 Å². The predicted molar refractivity (Wildman–Crippen MR) is 48.6 cm³/mol. The van der Waals surface area contributed by atoms with E-state index in [0.717, 1.165) is 12.4 Å². The quantitative estimate of drug-likeness (QED) is 0.719. The molecule has 0 bridgehead atoms. The first-order valence-electron chi connectivity index (χ1n) is 4.09. The van der Waals surface area contributed by atoms with Crippen molar-refractivity contribution < 1.29 is 0 Å². The zero-order valence-electron chi connectivity index (χ0n) is 7.83. The van der Waals surface area contributed by atoms with Gasteiger partial charge in [0.1, 0.15) is 5.82 Å². The van der Waals surface area contributed by atoms with E-state index in [1.807, 2.05) is 6.07 Å². The molecule has 3 nitrogen and oxygen atoms in total. The van der Waals surface area contributed by atoms with E-state index in [-0.39, 0.29) is 5.54 Å². The third-order valence-electron chi connectivity index (χ3n) is 1.40. The van der Waals surface area contributed by atoms with Crippen molar-refractivity contribution in [1.29, 1.82) is 0 Å². The van der Waals surface area contributed by atoms with Crippen LogP contribution < -0.4 is 5.32 Å². The highest BCUT2D eigenvalue weighted by Gasteiger charge is 2.08. The number of nitrogens with one attached hydrogen (secondary N) is 1. The molecule has 12 heavy (non-hydrogen) atoms. The summed E-state index contributed by atoms with van der Waals surface area (Å²) in [5, 5.41) is 3.31. The first-order valence-corrected chi connectivity index (χ1v) is 4.09. The zero-order chi connectivity index (χ0) is 9.03. The largest absolute Gasteiger partial charge is 0.305 e. The second-order valence-corrected chi connectivity index (χ2v) is 3.77. The van der Waals surface area contributed by atoms with E-state index in [2.05, 4.69) is 36.1 Å². The number of hydrogen-bond donors (Lipinski definition) is 1. The molecule has 66 valence electrons. The highest BCUT2D eigenvalue weighted by Crippen LogP contribution is 1.99. The van der Waals surface area contributed by atoms with Crippen LogP contribution in [0.15, 0.2) is 18.5 Å². The van der Waals surface area contributed by atoms with Gasteiger partial charge in [0, 0.05) is 17.9 Å². The summed E-state index contributed by atoms with van der Waals surface area (Å²) in [6.07, 6.45) is 3.51. The molecule has 1 N–H and O–H groups in total. The number of rotatable bonds is 2. The minimum Gasteiger partial charge on any atom is -0.305 e. The molecule has 1 heterocycles. The highest BCUT2D eigenvalue weighted by atomic mass is 15.0. The normalized spacial score (nSPS) is 11.6. The van der Waals surface area contributed by atoms with Crippen LogP contribution in [0.4, 0.5) is 0 Å². The summed E-state index contributed by atoms with van der Waals surface area (Å²) in [5.41, 5.74) is 0.124. The molecule has 1 aromatic heterocycles. The molecule has 0 atom stereocenters. The Bertz CT molecular complexity index is 225. The van der Waals surface area contributed by atoms with Crippen LogP contribution in [0.5, 0.6) is 0 Å². The van der Waals surface area contributed by atoms with Gasteiger partial charge in [0.25, 0.3) is 0 Å². The summed E-state index contributed by atoms with van der Waals surface area (Å²) in [5.74, 6) is 0.840. The molecule has 0 aliphatic rings. The standard InChI is InChI=1S/C9H15N3/c1-9(2,3)12-7-8-10-5-4-6-11-8/h4-6,12H,7H2,1-3H3. The number of hydrogen-bond acceptors (Lipinski definition) is 3. The SMILES string of the molecule is CC(C)(C)NCc1ncccn1. The summed E-state index contributed by atoms with van der Waals surface area (Å²) >= 11 is 0. The Hall–Kier alpha value is -0.960. The molecule has 0 amide bonds. The van der Waals surface area contributed by atoms with Gasteiger partial charge in [-0.15, -0.1) is 0 Å². The zero-order valence-corrected chi connectivity index (χ0v) is 7.83. The second kappa shape index (κ2) is 3.63. The summed E-state index contributed by atoms with van der Waals surface area (Å²) < 4.78 is 0. The Morgan fingerprint density at radius 3 is 2.33 bits per heavy atom. The van der Waals surface area contributed by atoms with Gasteiger partial charge in [-0.1, -0.05) is 0 Å². The molecule has 1 rings (SSSR count). The number of nitrogens with zero attached hydrogens (tertiary/aromatic N) is 2. The Labute approximate surface area is 73.2 Å². The lowest BCUT2D eigenvalue weighted by Gasteiger charge is -2.19. The maximum atomic E-state index is 4.11. The van der Waals surface area contributed by atoms with E-state index in [4.69, 9.17) is 0 Å². The predicted octanol–water partition coefficient (Wildman–Crippen LogP) is 1.36. The van der Waals surface area contributed by atoms with Gasteiger partial charge in [-0.2, -0.15) is 0 Å². The van der Waals surface area contributed by atoms with Crippen LogP contribution in [0.25, 0.3) is 0 Å². The van der Waals surface area contributed by atoms with Crippen LogP contribution in [0.3, 0.4) is 0 Å². The van der Waals surface area contributed by atoms with Gasteiger partial charge in [-0.3, -0.25) is 0 Å². The van der Waals surface area contributed by atoms with Crippen molar-refractivity contribution in [3.63, 3.8) is 0 Å². The van der Waals surface area contributed by atoms with E-state index >= 15 is 0 Å². The topological polar surface area (TPSA) is 37.8 Å². The lowest BCUT2D eigenvalue weighted by atomic mass is 10.1. The average molecular weight is 165 g/mol. The third kappa shape index (κ3) is 3.44. The van der Waals surface area contributed by atoms with Crippen molar-refractivity contribution in [1.82, 2.24) is 15.3 Å². The molecule has 0 saturated heterocycles. The van der Waals surface area contributed by atoms with Crippen molar-refractivity contribution in [3.05, 3.63) is 24.3 Å². The molecule has 0 aliphatic heterocycles. The molecule has 3 heteroatoms. The minimum absolute atomic E-state index is 0.124. The molecule has 0 aromatic carbocycles. The maximum Gasteiger partial charge on any atom is 0.141 e. The lowest BCUT2D eigenvalue weighted by molar-refractivity contribution is 0.417. The molecule has 0 aliphatic carbocycles. The van der Waals surface area contributed by atoms with Crippen molar-refractivity contribution in [2.24, 2.45) is 0 Å². The summed E-state index contributed by atoms with van der Waals surface area (Å²) in [7, 11) is 0. The van der Waals surface area contributed by atoms with E-state index in [9.17, 15) is 0 Å². The van der Waals surface area contributed by atoms with Crippen molar-refractivity contribution in [2.75, 3.05) is 0 Å². The fourth-order valence-corrected chi connectivity index (χ4v) is 0.765. The van der Waals surface area contributed by atoms with Crippen molar-refractivity contribution in [2.45, 2.75) is 32.9 Å². The van der Waals surface area contributed by atoms with E-state index in [1.54, 1.807) is 12.4 Å². The van der Waals surface area contributed by atoms with Gasteiger partial charge < -0.3 is 5.32 Å². The summed E-state index contributed by atoms with van der Waals surface area (Å²) in [6.45, 7) is 7.09. The molecule has 0 spiro atoms. The first kappa shape index (κ1) is 9.13. The monoisotopic (exact) mass is 165 g/mol. The molecular formula is C9H15N3. The van der Waals surface area contributed by atoms with Gasteiger partial charge in [-0.25, -0.2) is 9.97 Å². The highest BCUT2D eigenvalue weighted by molar-refractivity contribution is 4.89. The fourth-order valence-electron chi connectivity index (χ4n) is 0.765. The molecule has 0 fully saturated rings. The Morgan fingerprint density at radius 1 is 1.25 bits per heavy atom. The fraction of sp³-hybridized carbons (Fsp3) is 0.556. The Balaban J connectivity index is 2.44. The summed E-state index contributed by atoms with van der Waals surface area (Å²) in [6, 6.07) is 1.82. The van der Waals surface area contributed by atoms with Gasteiger partial charge >= 0.3 is 0 Å². The molecule has 1 aromatic rings. The number of aromatic nitrogens is 2. The lowest BCUT2D eigenvalue weighted by Crippen LogP contribution is -2.35. The average Bonchev–Trinajstić information content (AvgIpc) is 2.02. The Morgan fingerprint density at radius 2 is 1.83 bits per heavy atom. The van der Waals surface area contributed by atoms with Crippen molar-refractivity contribution >= 4 is 0 Å². The van der Waals surface area contributed by atoms with Crippen LogP contribution >= 0.6 is 0 Å².